The Morgan fingerprint density at radius 3 is 2.68 bits per heavy atom. The van der Waals surface area contributed by atoms with Crippen LogP contribution < -0.4 is 10.2 Å². The predicted molar refractivity (Wildman–Crippen MR) is 77.6 cm³/mol. The van der Waals surface area contributed by atoms with E-state index in [-0.39, 0.29) is 0 Å². The van der Waals surface area contributed by atoms with E-state index in [1.807, 2.05) is 6.20 Å². The molecule has 1 aliphatic heterocycles. The van der Waals surface area contributed by atoms with Crippen molar-refractivity contribution in [2.24, 2.45) is 5.92 Å². The molecule has 1 aromatic heterocycles. The molecule has 2 aliphatic rings. The SMILES string of the molecule is CCNc1cncc(N2CCN(CC3CC3)CC2)n1. The molecule has 1 aliphatic carbocycles. The summed E-state index contributed by atoms with van der Waals surface area (Å²) in [4.78, 5) is 13.8. The van der Waals surface area contributed by atoms with Crippen molar-refractivity contribution >= 4 is 11.6 Å². The lowest BCUT2D eigenvalue weighted by molar-refractivity contribution is 0.247. The molecule has 1 aromatic rings. The lowest BCUT2D eigenvalue weighted by Gasteiger charge is -2.35. The average molecular weight is 261 g/mol. The second kappa shape index (κ2) is 5.74. The van der Waals surface area contributed by atoms with Crippen molar-refractivity contribution < 1.29 is 0 Å². The minimum Gasteiger partial charge on any atom is -0.369 e. The summed E-state index contributed by atoms with van der Waals surface area (Å²) in [5.41, 5.74) is 0. The van der Waals surface area contributed by atoms with Crippen molar-refractivity contribution in [3.63, 3.8) is 0 Å². The molecule has 5 heteroatoms. The van der Waals surface area contributed by atoms with Crippen LogP contribution in [0.1, 0.15) is 19.8 Å². The Hall–Kier alpha value is -1.36. The molecule has 2 heterocycles. The number of nitrogens with one attached hydrogen (secondary N) is 1. The molecule has 0 aromatic carbocycles. The molecule has 1 saturated carbocycles. The van der Waals surface area contributed by atoms with Crippen LogP contribution in [-0.4, -0.2) is 54.1 Å². The molecule has 0 amide bonds. The molecule has 104 valence electrons. The second-order valence-corrected chi connectivity index (χ2v) is 5.52. The van der Waals surface area contributed by atoms with Gasteiger partial charge in [0.2, 0.25) is 0 Å². The second-order valence-electron chi connectivity index (χ2n) is 5.52. The Bertz CT molecular complexity index is 410. The normalized spacial score (nSPS) is 20.6. The number of hydrogen-bond acceptors (Lipinski definition) is 5. The van der Waals surface area contributed by atoms with Crippen molar-refractivity contribution in [1.29, 1.82) is 0 Å². The van der Waals surface area contributed by atoms with Crippen molar-refractivity contribution in [3.8, 4) is 0 Å². The molecule has 0 spiro atoms. The van der Waals surface area contributed by atoms with Gasteiger partial charge in [-0.15, -0.1) is 0 Å². The Morgan fingerprint density at radius 1 is 1.21 bits per heavy atom. The fourth-order valence-electron chi connectivity index (χ4n) is 2.60. The highest BCUT2D eigenvalue weighted by Gasteiger charge is 2.26. The minimum absolute atomic E-state index is 0.875. The van der Waals surface area contributed by atoms with Crippen molar-refractivity contribution in [3.05, 3.63) is 12.4 Å². The van der Waals surface area contributed by atoms with Gasteiger partial charge < -0.3 is 10.2 Å². The largest absolute Gasteiger partial charge is 0.369 e. The quantitative estimate of drug-likeness (QED) is 0.869. The van der Waals surface area contributed by atoms with E-state index in [0.29, 0.717) is 0 Å². The zero-order valence-electron chi connectivity index (χ0n) is 11.7. The maximum atomic E-state index is 4.62. The summed E-state index contributed by atoms with van der Waals surface area (Å²) in [5, 5.41) is 3.22. The van der Waals surface area contributed by atoms with E-state index in [2.05, 4.69) is 32.0 Å². The van der Waals surface area contributed by atoms with E-state index in [4.69, 9.17) is 0 Å². The third-order valence-corrected chi connectivity index (χ3v) is 3.89. The van der Waals surface area contributed by atoms with Crippen molar-refractivity contribution in [1.82, 2.24) is 14.9 Å². The van der Waals surface area contributed by atoms with Crippen molar-refractivity contribution in [2.75, 3.05) is 49.5 Å². The third-order valence-electron chi connectivity index (χ3n) is 3.89. The van der Waals surface area contributed by atoms with Crippen molar-refractivity contribution in [2.45, 2.75) is 19.8 Å². The molecule has 0 bridgehead atoms. The standard InChI is InChI=1S/C14H23N5/c1-2-16-13-9-15-10-14(17-13)19-7-5-18(6-8-19)11-12-3-4-12/h9-10,12H,2-8,11H2,1H3,(H,16,17). The van der Waals surface area contributed by atoms with Gasteiger partial charge in [-0.3, -0.25) is 9.88 Å². The molecular formula is C14H23N5. The van der Waals surface area contributed by atoms with Gasteiger partial charge in [0, 0.05) is 39.3 Å². The summed E-state index contributed by atoms with van der Waals surface area (Å²) in [7, 11) is 0. The van der Waals surface area contributed by atoms with Crippen LogP contribution in [0, 0.1) is 5.92 Å². The fraction of sp³-hybridized carbons (Fsp3) is 0.714. The van der Waals surface area contributed by atoms with Gasteiger partial charge in [-0.05, 0) is 25.7 Å². The van der Waals surface area contributed by atoms with E-state index in [1.165, 1.54) is 19.4 Å². The van der Waals surface area contributed by atoms with Crippen LogP contribution in [0.5, 0.6) is 0 Å². The number of hydrogen-bond donors (Lipinski definition) is 1. The van der Waals surface area contributed by atoms with Crippen LogP contribution >= 0.6 is 0 Å². The highest BCUT2D eigenvalue weighted by Crippen LogP contribution is 2.30. The Balaban J connectivity index is 1.56. The van der Waals surface area contributed by atoms with Crippen LogP contribution in [0.25, 0.3) is 0 Å². The van der Waals surface area contributed by atoms with Crippen LogP contribution in [0.2, 0.25) is 0 Å². The number of piperazine rings is 1. The molecule has 5 nitrogen and oxygen atoms in total. The summed E-state index contributed by atoms with van der Waals surface area (Å²) in [5.74, 6) is 2.87. The molecule has 0 atom stereocenters. The highest BCUT2D eigenvalue weighted by atomic mass is 15.3. The topological polar surface area (TPSA) is 44.3 Å². The van der Waals surface area contributed by atoms with E-state index in [1.54, 1.807) is 6.20 Å². The Morgan fingerprint density at radius 2 is 2.00 bits per heavy atom. The monoisotopic (exact) mass is 261 g/mol. The van der Waals surface area contributed by atoms with Crippen LogP contribution in [0.3, 0.4) is 0 Å². The molecule has 1 N–H and O–H groups in total. The van der Waals surface area contributed by atoms with Crippen LogP contribution in [0.15, 0.2) is 12.4 Å². The van der Waals surface area contributed by atoms with Gasteiger partial charge in [-0.25, -0.2) is 4.98 Å². The number of aromatic nitrogens is 2. The molecule has 2 fully saturated rings. The Kier molecular flexibility index (Phi) is 3.82. The maximum absolute atomic E-state index is 4.62. The smallest absolute Gasteiger partial charge is 0.149 e. The lowest BCUT2D eigenvalue weighted by Crippen LogP contribution is -2.47. The van der Waals surface area contributed by atoms with Gasteiger partial charge in [0.15, 0.2) is 0 Å². The lowest BCUT2D eigenvalue weighted by atomic mass is 10.3. The number of anilines is 2. The maximum Gasteiger partial charge on any atom is 0.149 e. The molecule has 3 rings (SSSR count). The van der Waals surface area contributed by atoms with Gasteiger partial charge in [0.05, 0.1) is 12.4 Å². The summed E-state index contributed by atoms with van der Waals surface area (Å²) in [6.45, 7) is 8.70. The highest BCUT2D eigenvalue weighted by molar-refractivity contribution is 5.44. The third kappa shape index (κ3) is 3.35. The fourth-order valence-corrected chi connectivity index (χ4v) is 2.60. The van der Waals surface area contributed by atoms with Gasteiger partial charge >= 0.3 is 0 Å². The first-order valence-corrected chi connectivity index (χ1v) is 7.38. The van der Waals surface area contributed by atoms with Crippen LogP contribution in [0.4, 0.5) is 11.6 Å². The van der Waals surface area contributed by atoms with E-state index >= 15 is 0 Å². The summed E-state index contributed by atoms with van der Waals surface area (Å²) < 4.78 is 0. The molecule has 1 saturated heterocycles. The number of nitrogens with zero attached hydrogens (tertiary/aromatic N) is 4. The zero-order chi connectivity index (χ0) is 13.1. The Labute approximate surface area is 115 Å². The van der Waals surface area contributed by atoms with Gasteiger partial charge in [0.1, 0.15) is 11.6 Å². The van der Waals surface area contributed by atoms with Gasteiger partial charge in [0.25, 0.3) is 0 Å². The predicted octanol–water partition coefficient (Wildman–Crippen LogP) is 1.44. The molecular weight excluding hydrogens is 238 g/mol. The van der Waals surface area contributed by atoms with Crippen LogP contribution in [-0.2, 0) is 0 Å². The van der Waals surface area contributed by atoms with E-state index in [0.717, 1.165) is 50.3 Å². The van der Waals surface area contributed by atoms with Gasteiger partial charge in [-0.2, -0.15) is 0 Å². The zero-order valence-corrected chi connectivity index (χ0v) is 11.7. The first-order valence-electron chi connectivity index (χ1n) is 7.38. The molecule has 0 radical (unpaired) electrons. The minimum atomic E-state index is 0.875. The summed E-state index contributed by atoms with van der Waals surface area (Å²) in [6, 6.07) is 0. The molecule has 0 unspecified atom stereocenters. The number of rotatable bonds is 5. The summed E-state index contributed by atoms with van der Waals surface area (Å²) >= 11 is 0. The average Bonchev–Trinajstić information content (AvgIpc) is 3.24. The first kappa shape index (κ1) is 12.7. The van der Waals surface area contributed by atoms with Gasteiger partial charge in [-0.1, -0.05) is 0 Å². The van der Waals surface area contributed by atoms with E-state index in [9.17, 15) is 0 Å². The summed E-state index contributed by atoms with van der Waals surface area (Å²) in [6.07, 6.45) is 6.54. The molecule has 19 heavy (non-hydrogen) atoms. The van der Waals surface area contributed by atoms with E-state index < -0.39 is 0 Å². The first-order chi connectivity index (χ1) is 9.35.